The molecule has 0 aliphatic carbocycles. The van der Waals surface area contributed by atoms with Crippen molar-refractivity contribution in [2.75, 3.05) is 5.75 Å². The predicted octanol–water partition coefficient (Wildman–Crippen LogP) is 2.00. The molecule has 1 aromatic heterocycles. The summed E-state index contributed by atoms with van der Waals surface area (Å²) in [5, 5.41) is 13.8. The zero-order valence-corrected chi connectivity index (χ0v) is 15.2. The summed E-state index contributed by atoms with van der Waals surface area (Å²) in [6, 6.07) is 3.07. The van der Waals surface area contributed by atoms with Gasteiger partial charge in [-0.25, -0.2) is 4.79 Å². The fourth-order valence-electron chi connectivity index (χ4n) is 2.83. The second kappa shape index (κ2) is 7.45. The van der Waals surface area contributed by atoms with Crippen molar-refractivity contribution in [3.05, 3.63) is 45.8 Å². The van der Waals surface area contributed by atoms with E-state index in [1.807, 2.05) is 30.5 Å². The summed E-state index contributed by atoms with van der Waals surface area (Å²) >= 11 is 2.96. The van der Waals surface area contributed by atoms with Crippen LogP contribution in [0.2, 0.25) is 0 Å². The van der Waals surface area contributed by atoms with E-state index in [1.165, 1.54) is 28.0 Å². The molecule has 2 atom stereocenters. The lowest BCUT2D eigenvalue weighted by Gasteiger charge is -2.49. The van der Waals surface area contributed by atoms with Gasteiger partial charge in [0.15, 0.2) is 0 Å². The minimum absolute atomic E-state index is 0.0298. The van der Waals surface area contributed by atoms with E-state index >= 15 is 0 Å². The van der Waals surface area contributed by atoms with Gasteiger partial charge in [0.05, 0.1) is 6.42 Å². The lowest BCUT2D eigenvalue weighted by Crippen LogP contribution is -2.70. The van der Waals surface area contributed by atoms with Gasteiger partial charge in [0.1, 0.15) is 17.1 Å². The number of amides is 2. The van der Waals surface area contributed by atoms with Gasteiger partial charge in [-0.05, 0) is 23.4 Å². The van der Waals surface area contributed by atoms with Crippen LogP contribution in [-0.2, 0) is 20.8 Å². The van der Waals surface area contributed by atoms with E-state index in [0.717, 1.165) is 11.3 Å². The van der Waals surface area contributed by atoms with Crippen LogP contribution in [0, 0.1) is 0 Å². The lowest BCUT2D eigenvalue weighted by molar-refractivity contribution is -0.150. The molecule has 0 radical (unpaired) electrons. The Morgan fingerprint density at radius 1 is 1.48 bits per heavy atom. The highest BCUT2D eigenvalue weighted by Crippen LogP contribution is 2.40. The minimum Gasteiger partial charge on any atom is -0.477 e. The van der Waals surface area contributed by atoms with Crippen LogP contribution in [0.3, 0.4) is 0 Å². The molecule has 6 nitrogen and oxygen atoms in total. The number of carboxylic acid groups (broad SMARTS) is 1. The molecule has 2 aliphatic heterocycles. The molecule has 0 spiro atoms. The first kappa shape index (κ1) is 17.8. The minimum atomic E-state index is -1.11. The first-order valence-electron chi connectivity index (χ1n) is 7.92. The Balaban J connectivity index is 1.72. The number of nitrogens with zero attached hydrogens (tertiary/aromatic N) is 1. The molecule has 3 rings (SSSR count). The molecule has 0 aromatic carbocycles. The number of thioether (sulfide) groups is 1. The van der Waals surface area contributed by atoms with Crippen LogP contribution in [0.1, 0.15) is 18.2 Å². The summed E-state index contributed by atoms with van der Waals surface area (Å²) in [6.07, 6.45) is 4.66. The number of β-lactam (4-membered cyclic amide) rings is 1. The van der Waals surface area contributed by atoms with Crippen LogP contribution in [0.4, 0.5) is 0 Å². The number of carboxylic acids is 1. The number of nitrogens with one attached hydrogen (secondary N) is 1. The van der Waals surface area contributed by atoms with Gasteiger partial charge in [0.25, 0.3) is 5.91 Å². The third-order valence-corrected chi connectivity index (χ3v) is 6.17. The van der Waals surface area contributed by atoms with Crippen molar-refractivity contribution in [2.45, 2.75) is 31.2 Å². The summed E-state index contributed by atoms with van der Waals surface area (Å²) in [6.45, 7) is 1.96. The molecule has 1 fully saturated rings. The number of hydrogen-bond donors (Lipinski definition) is 2. The van der Waals surface area contributed by atoms with Gasteiger partial charge in [0, 0.05) is 10.6 Å². The van der Waals surface area contributed by atoms with E-state index in [4.69, 9.17) is 0 Å². The van der Waals surface area contributed by atoms with Gasteiger partial charge < -0.3 is 10.4 Å². The first-order valence-corrected chi connectivity index (χ1v) is 9.85. The van der Waals surface area contributed by atoms with Crippen LogP contribution in [0.5, 0.6) is 0 Å². The quantitative estimate of drug-likeness (QED) is 0.740. The van der Waals surface area contributed by atoms with Crippen molar-refractivity contribution in [1.29, 1.82) is 0 Å². The highest BCUT2D eigenvalue weighted by Gasteiger charge is 2.53. The Kier molecular flexibility index (Phi) is 5.29. The van der Waals surface area contributed by atoms with Crippen molar-refractivity contribution in [1.82, 2.24) is 10.2 Å². The fourth-order valence-corrected chi connectivity index (χ4v) is 4.85. The summed E-state index contributed by atoms with van der Waals surface area (Å²) in [5.74, 6) is -1.20. The average Bonchev–Trinajstić information content (AvgIpc) is 3.09. The van der Waals surface area contributed by atoms with E-state index in [9.17, 15) is 19.5 Å². The molecule has 2 N–H and O–H groups in total. The second-order valence-corrected chi connectivity index (χ2v) is 7.84. The Morgan fingerprint density at radius 3 is 2.92 bits per heavy atom. The number of rotatable bonds is 6. The van der Waals surface area contributed by atoms with Gasteiger partial charge in [-0.2, -0.15) is 0 Å². The molecule has 0 unspecified atom stereocenters. The zero-order chi connectivity index (χ0) is 18.0. The van der Waals surface area contributed by atoms with Crippen molar-refractivity contribution >= 4 is 40.9 Å². The van der Waals surface area contributed by atoms with Gasteiger partial charge in [-0.3, -0.25) is 14.5 Å². The van der Waals surface area contributed by atoms with Gasteiger partial charge in [-0.15, -0.1) is 23.1 Å². The van der Waals surface area contributed by atoms with Crippen molar-refractivity contribution in [3.63, 3.8) is 0 Å². The number of aliphatic carboxylic acids is 1. The number of allylic oxidation sites excluding steroid dienone is 2. The number of thiophene rings is 1. The fraction of sp³-hybridized carbons (Fsp3) is 0.353. The van der Waals surface area contributed by atoms with E-state index in [1.54, 1.807) is 6.08 Å². The molecule has 25 heavy (non-hydrogen) atoms. The molecular formula is C17H18N2O4S2. The second-order valence-electron chi connectivity index (χ2n) is 5.70. The molecule has 0 saturated carbocycles. The topological polar surface area (TPSA) is 86.7 Å². The number of carbonyl (C=O) groups excluding carboxylic acids is 2. The standard InChI is InChI=1S/C17H18N2O4S2/c1-2-3-5-10-9-25-16-13(15(21)19(16)14(10)17(22)23)18-12(20)8-11-6-4-7-24-11/h3-7,13,16H,2,8-9H2,1H3,(H,18,20)(H,22,23)/t13-,16+/m1/s1. The molecule has 1 aromatic rings. The highest BCUT2D eigenvalue weighted by molar-refractivity contribution is 8.00. The molecule has 3 heterocycles. The molecular weight excluding hydrogens is 360 g/mol. The van der Waals surface area contributed by atoms with Crippen molar-refractivity contribution < 1.29 is 19.5 Å². The maximum Gasteiger partial charge on any atom is 0.352 e. The molecule has 8 heteroatoms. The SMILES string of the molecule is CCC=CC1=C(C(=O)O)N2C(=O)[C@@H](NC(=O)Cc3cccs3)[C@@H]2SC1. The average molecular weight is 378 g/mol. The largest absolute Gasteiger partial charge is 0.477 e. The van der Waals surface area contributed by atoms with E-state index < -0.39 is 12.0 Å². The Morgan fingerprint density at radius 2 is 2.28 bits per heavy atom. The lowest BCUT2D eigenvalue weighted by atomic mass is 10.0. The molecule has 1 saturated heterocycles. The summed E-state index contributed by atoms with van der Waals surface area (Å²) in [5.41, 5.74) is 0.662. The maximum absolute atomic E-state index is 12.4. The van der Waals surface area contributed by atoms with Crippen LogP contribution in [0.15, 0.2) is 40.9 Å². The number of hydrogen-bond acceptors (Lipinski definition) is 5. The monoisotopic (exact) mass is 378 g/mol. The highest BCUT2D eigenvalue weighted by atomic mass is 32.2. The number of fused-ring (bicyclic) bond motifs is 1. The summed E-state index contributed by atoms with van der Waals surface area (Å²) < 4.78 is 0. The Hall–Kier alpha value is -2.06. The third kappa shape index (κ3) is 3.50. The van der Waals surface area contributed by atoms with Crippen molar-refractivity contribution in [3.8, 4) is 0 Å². The van der Waals surface area contributed by atoms with Gasteiger partial charge in [0.2, 0.25) is 5.91 Å². The van der Waals surface area contributed by atoms with Crippen LogP contribution in [-0.4, -0.2) is 45.0 Å². The van der Waals surface area contributed by atoms with E-state index in [0.29, 0.717) is 11.3 Å². The molecule has 2 aliphatic rings. The predicted molar refractivity (Wildman–Crippen MR) is 97.1 cm³/mol. The normalized spacial score (nSPS) is 22.8. The van der Waals surface area contributed by atoms with Crippen LogP contribution >= 0.6 is 23.1 Å². The summed E-state index contributed by atoms with van der Waals surface area (Å²) in [4.78, 5) is 38.4. The van der Waals surface area contributed by atoms with Crippen LogP contribution < -0.4 is 5.32 Å². The van der Waals surface area contributed by atoms with Gasteiger partial charge >= 0.3 is 5.97 Å². The Bertz CT molecular complexity index is 755. The zero-order valence-electron chi connectivity index (χ0n) is 13.6. The van der Waals surface area contributed by atoms with E-state index in [-0.39, 0.29) is 29.3 Å². The summed E-state index contributed by atoms with van der Waals surface area (Å²) in [7, 11) is 0. The Labute approximate surface area is 153 Å². The van der Waals surface area contributed by atoms with Crippen LogP contribution in [0.25, 0.3) is 0 Å². The molecule has 132 valence electrons. The molecule has 0 bridgehead atoms. The van der Waals surface area contributed by atoms with E-state index in [2.05, 4.69) is 5.32 Å². The van der Waals surface area contributed by atoms with Gasteiger partial charge in [-0.1, -0.05) is 25.1 Å². The first-order chi connectivity index (χ1) is 12.0. The smallest absolute Gasteiger partial charge is 0.352 e. The third-order valence-electron chi connectivity index (χ3n) is 3.99. The molecule has 2 amide bonds. The maximum atomic E-state index is 12.4. The number of carbonyl (C=O) groups is 3. The van der Waals surface area contributed by atoms with Crippen molar-refractivity contribution in [2.24, 2.45) is 0 Å².